The lowest BCUT2D eigenvalue weighted by molar-refractivity contribution is -0.147. The molecule has 5 heteroatoms. The summed E-state index contributed by atoms with van der Waals surface area (Å²) < 4.78 is 15.6. The molecule has 0 amide bonds. The highest BCUT2D eigenvalue weighted by molar-refractivity contribution is 5.73. The topological polar surface area (TPSA) is 70.8 Å². The highest BCUT2D eigenvalue weighted by atomic mass is 16.5. The molecule has 0 fully saturated rings. The fourth-order valence-electron chi connectivity index (χ4n) is 1.90. The zero-order chi connectivity index (χ0) is 14.3. The first-order valence-corrected chi connectivity index (χ1v) is 6.24. The molecule has 0 radical (unpaired) electrons. The number of hydrogen-bond acceptors (Lipinski definition) is 5. The molecule has 1 aromatic rings. The van der Waals surface area contributed by atoms with Crippen LogP contribution in [0.4, 0.5) is 0 Å². The lowest BCUT2D eigenvalue weighted by Crippen LogP contribution is -2.27. The highest BCUT2D eigenvalue weighted by Crippen LogP contribution is 2.32. The summed E-state index contributed by atoms with van der Waals surface area (Å²) in [7, 11) is 3.15. The quantitative estimate of drug-likeness (QED) is 0.756. The first-order valence-electron chi connectivity index (χ1n) is 6.24. The molecule has 0 spiro atoms. The number of carbonyl (C=O) groups excluding carboxylic acids is 1. The second-order valence-electron chi connectivity index (χ2n) is 4.04. The fourth-order valence-corrected chi connectivity index (χ4v) is 1.90. The van der Waals surface area contributed by atoms with Crippen LogP contribution in [-0.4, -0.2) is 33.3 Å². The summed E-state index contributed by atoms with van der Waals surface area (Å²) in [6.45, 7) is 2.36. The van der Waals surface area contributed by atoms with Crippen molar-refractivity contribution < 1.29 is 19.0 Å². The van der Waals surface area contributed by atoms with Gasteiger partial charge in [-0.3, -0.25) is 4.79 Å². The molecule has 1 rings (SSSR count). The minimum absolute atomic E-state index is 0.235. The molecule has 0 aliphatic carbocycles. The second-order valence-corrected chi connectivity index (χ2v) is 4.04. The van der Waals surface area contributed by atoms with Crippen LogP contribution in [-0.2, 0) is 16.0 Å². The average molecular weight is 267 g/mol. The van der Waals surface area contributed by atoms with Crippen molar-refractivity contribution in [2.75, 3.05) is 27.4 Å². The van der Waals surface area contributed by atoms with Gasteiger partial charge in [0.1, 0.15) is 0 Å². The number of ether oxygens (including phenoxy) is 3. The third kappa shape index (κ3) is 3.86. The lowest BCUT2D eigenvalue weighted by atomic mass is 9.98. The third-order valence-electron chi connectivity index (χ3n) is 2.86. The molecule has 1 aromatic carbocycles. The van der Waals surface area contributed by atoms with Crippen LogP contribution in [0.15, 0.2) is 18.2 Å². The van der Waals surface area contributed by atoms with Crippen molar-refractivity contribution in [3.8, 4) is 11.5 Å². The Kier molecular flexibility index (Phi) is 6.15. The van der Waals surface area contributed by atoms with Crippen LogP contribution in [0.3, 0.4) is 0 Å². The molecule has 1 atom stereocenters. The van der Waals surface area contributed by atoms with Crippen molar-refractivity contribution in [2.24, 2.45) is 11.7 Å². The van der Waals surface area contributed by atoms with E-state index in [0.717, 1.165) is 5.56 Å². The van der Waals surface area contributed by atoms with E-state index < -0.39 is 0 Å². The number of hydrogen-bond donors (Lipinski definition) is 1. The zero-order valence-electron chi connectivity index (χ0n) is 11.6. The van der Waals surface area contributed by atoms with Crippen molar-refractivity contribution in [1.29, 1.82) is 0 Å². The number of rotatable bonds is 7. The Labute approximate surface area is 113 Å². The molecule has 0 bridgehead atoms. The second kappa shape index (κ2) is 7.63. The molecule has 2 N–H and O–H groups in total. The van der Waals surface area contributed by atoms with Crippen LogP contribution >= 0.6 is 0 Å². The molecule has 0 saturated heterocycles. The third-order valence-corrected chi connectivity index (χ3v) is 2.86. The van der Waals surface area contributed by atoms with Gasteiger partial charge in [0.2, 0.25) is 0 Å². The Balaban J connectivity index is 2.93. The predicted octanol–water partition coefficient (Wildman–Crippen LogP) is 1.38. The maximum Gasteiger partial charge on any atom is 0.310 e. The maximum absolute atomic E-state index is 11.8. The molecule has 0 aliphatic rings. The van der Waals surface area contributed by atoms with Gasteiger partial charge in [-0.25, -0.2) is 0 Å². The first-order chi connectivity index (χ1) is 9.17. The summed E-state index contributed by atoms with van der Waals surface area (Å²) in [6, 6.07) is 5.56. The Morgan fingerprint density at radius 3 is 2.58 bits per heavy atom. The smallest absolute Gasteiger partial charge is 0.310 e. The van der Waals surface area contributed by atoms with Crippen molar-refractivity contribution in [1.82, 2.24) is 0 Å². The van der Waals surface area contributed by atoms with Gasteiger partial charge in [-0.05, 0) is 25.0 Å². The van der Waals surface area contributed by atoms with Crippen LogP contribution < -0.4 is 15.2 Å². The van der Waals surface area contributed by atoms with Gasteiger partial charge in [-0.2, -0.15) is 0 Å². The standard InChI is InChI=1S/C14H21NO4/c1-4-19-14(16)11(9-15)8-10-6-5-7-12(17-2)13(10)18-3/h5-7,11H,4,8-9,15H2,1-3H3. The summed E-state index contributed by atoms with van der Waals surface area (Å²) in [4.78, 5) is 11.8. The number of nitrogens with two attached hydrogens (primary N) is 1. The van der Waals surface area contributed by atoms with Crippen molar-refractivity contribution in [3.05, 3.63) is 23.8 Å². The van der Waals surface area contributed by atoms with Crippen LogP contribution in [0.2, 0.25) is 0 Å². The summed E-state index contributed by atoms with van der Waals surface area (Å²) >= 11 is 0. The summed E-state index contributed by atoms with van der Waals surface area (Å²) in [5.74, 6) is 0.614. The number of para-hydroxylation sites is 1. The van der Waals surface area contributed by atoms with Gasteiger partial charge in [-0.1, -0.05) is 12.1 Å². The summed E-state index contributed by atoms with van der Waals surface area (Å²) in [6.07, 6.45) is 0.468. The molecule has 106 valence electrons. The van der Waals surface area contributed by atoms with E-state index in [-0.39, 0.29) is 18.4 Å². The van der Waals surface area contributed by atoms with Crippen molar-refractivity contribution >= 4 is 5.97 Å². The predicted molar refractivity (Wildman–Crippen MR) is 72.4 cm³/mol. The van der Waals surface area contributed by atoms with Crippen LogP contribution in [0.5, 0.6) is 11.5 Å². The van der Waals surface area contributed by atoms with E-state index in [2.05, 4.69) is 0 Å². The van der Waals surface area contributed by atoms with Crippen LogP contribution in [0.1, 0.15) is 12.5 Å². The number of carbonyl (C=O) groups is 1. The van der Waals surface area contributed by atoms with Crippen molar-refractivity contribution in [2.45, 2.75) is 13.3 Å². The number of benzene rings is 1. The van der Waals surface area contributed by atoms with E-state index in [4.69, 9.17) is 19.9 Å². The van der Waals surface area contributed by atoms with Gasteiger partial charge in [0.05, 0.1) is 26.7 Å². The zero-order valence-corrected chi connectivity index (χ0v) is 11.6. The van der Waals surface area contributed by atoms with Gasteiger partial charge in [0.15, 0.2) is 11.5 Å². The Bertz CT molecular complexity index is 420. The van der Waals surface area contributed by atoms with Gasteiger partial charge in [0.25, 0.3) is 0 Å². The molecule has 0 saturated carbocycles. The molecular formula is C14H21NO4. The maximum atomic E-state index is 11.8. The first kappa shape index (κ1) is 15.3. The van der Waals surface area contributed by atoms with E-state index in [1.807, 2.05) is 18.2 Å². The Morgan fingerprint density at radius 2 is 2.05 bits per heavy atom. The summed E-state index contributed by atoms with van der Waals surface area (Å²) in [5.41, 5.74) is 6.52. The monoisotopic (exact) mass is 267 g/mol. The normalized spacial score (nSPS) is 11.8. The minimum atomic E-state index is -0.374. The van der Waals surface area contributed by atoms with Gasteiger partial charge >= 0.3 is 5.97 Å². The molecule has 0 aromatic heterocycles. The number of methoxy groups -OCH3 is 2. The molecule has 19 heavy (non-hydrogen) atoms. The van der Waals surface area contributed by atoms with E-state index in [1.165, 1.54) is 0 Å². The van der Waals surface area contributed by atoms with Crippen molar-refractivity contribution in [3.63, 3.8) is 0 Å². The fraction of sp³-hybridized carbons (Fsp3) is 0.500. The highest BCUT2D eigenvalue weighted by Gasteiger charge is 2.21. The summed E-state index contributed by atoms with van der Waals surface area (Å²) in [5, 5.41) is 0. The van der Waals surface area contributed by atoms with E-state index in [0.29, 0.717) is 24.5 Å². The molecule has 1 unspecified atom stereocenters. The van der Waals surface area contributed by atoms with Gasteiger partial charge < -0.3 is 19.9 Å². The molecule has 5 nitrogen and oxygen atoms in total. The Hall–Kier alpha value is -1.75. The average Bonchev–Trinajstić information content (AvgIpc) is 2.44. The molecular weight excluding hydrogens is 246 g/mol. The number of esters is 1. The largest absolute Gasteiger partial charge is 0.493 e. The Morgan fingerprint density at radius 1 is 1.32 bits per heavy atom. The van der Waals surface area contributed by atoms with Gasteiger partial charge in [-0.15, -0.1) is 0 Å². The van der Waals surface area contributed by atoms with E-state index >= 15 is 0 Å². The van der Waals surface area contributed by atoms with Crippen LogP contribution in [0.25, 0.3) is 0 Å². The molecule has 0 aliphatic heterocycles. The van der Waals surface area contributed by atoms with Gasteiger partial charge in [0, 0.05) is 6.54 Å². The minimum Gasteiger partial charge on any atom is -0.493 e. The van der Waals surface area contributed by atoms with E-state index in [9.17, 15) is 4.79 Å². The van der Waals surface area contributed by atoms with Crippen LogP contribution in [0, 0.1) is 5.92 Å². The molecule has 0 heterocycles. The SMILES string of the molecule is CCOC(=O)C(CN)Cc1cccc(OC)c1OC. The van der Waals surface area contributed by atoms with E-state index in [1.54, 1.807) is 21.1 Å². The lowest BCUT2D eigenvalue weighted by Gasteiger charge is -2.17.